The van der Waals surface area contributed by atoms with Crippen LogP contribution in [0, 0.1) is 12.7 Å². The highest BCUT2D eigenvalue weighted by atomic mass is 32.1. The van der Waals surface area contributed by atoms with Crippen molar-refractivity contribution in [2.45, 2.75) is 19.9 Å². The van der Waals surface area contributed by atoms with Gasteiger partial charge in [-0.1, -0.05) is 24.3 Å². The van der Waals surface area contributed by atoms with E-state index in [4.69, 9.17) is 15.5 Å². The largest absolute Gasteiger partial charge is 0.497 e. The molecule has 158 valence electrons. The molecule has 8 heteroatoms. The van der Waals surface area contributed by atoms with Crippen molar-refractivity contribution >= 4 is 27.5 Å². The second-order valence-corrected chi connectivity index (χ2v) is 8.17. The standard InChI is InChI=1S/C23H20FN3O3S/c1-13-19-22(31-20(13)21(25)28)26-18(11-14-6-8-17(30-2)9-7-14)27(23(19)29)12-15-4-3-5-16(24)10-15/h3-10H,11-12H2,1-2H3,(H2,25,28). The highest BCUT2D eigenvalue weighted by molar-refractivity contribution is 7.20. The van der Waals surface area contributed by atoms with E-state index in [1.165, 1.54) is 16.7 Å². The number of carbonyl (C=O) groups excluding carboxylic acids is 1. The topological polar surface area (TPSA) is 87.2 Å². The van der Waals surface area contributed by atoms with E-state index in [0.29, 0.717) is 38.5 Å². The number of aryl methyl sites for hydroxylation is 1. The number of carbonyl (C=O) groups is 1. The van der Waals surface area contributed by atoms with Gasteiger partial charge in [-0.05, 0) is 47.9 Å². The monoisotopic (exact) mass is 437 g/mol. The molecule has 31 heavy (non-hydrogen) atoms. The lowest BCUT2D eigenvalue weighted by Crippen LogP contribution is -2.26. The Kier molecular flexibility index (Phi) is 5.56. The maximum Gasteiger partial charge on any atom is 0.262 e. The average molecular weight is 437 g/mol. The number of ether oxygens (including phenoxy) is 1. The molecule has 0 saturated carbocycles. The molecule has 1 amide bonds. The van der Waals surface area contributed by atoms with Crippen LogP contribution >= 0.6 is 11.3 Å². The van der Waals surface area contributed by atoms with E-state index in [1.54, 1.807) is 26.2 Å². The summed E-state index contributed by atoms with van der Waals surface area (Å²) < 4.78 is 20.5. The van der Waals surface area contributed by atoms with Gasteiger partial charge in [-0.2, -0.15) is 0 Å². The van der Waals surface area contributed by atoms with E-state index in [-0.39, 0.29) is 17.9 Å². The van der Waals surface area contributed by atoms with Gasteiger partial charge in [0.05, 0.1) is 23.9 Å². The van der Waals surface area contributed by atoms with Gasteiger partial charge in [-0.3, -0.25) is 14.2 Å². The zero-order valence-electron chi connectivity index (χ0n) is 17.0. The van der Waals surface area contributed by atoms with Crippen LogP contribution in [0.2, 0.25) is 0 Å². The number of thiophene rings is 1. The molecular weight excluding hydrogens is 417 g/mol. The first kappa shape index (κ1) is 20.7. The van der Waals surface area contributed by atoms with Crippen molar-refractivity contribution in [2.24, 2.45) is 5.73 Å². The number of halogens is 1. The molecule has 2 aromatic carbocycles. The van der Waals surface area contributed by atoms with Crippen LogP contribution in [0.4, 0.5) is 4.39 Å². The third-order valence-corrected chi connectivity index (χ3v) is 6.30. The molecule has 0 aliphatic heterocycles. The van der Waals surface area contributed by atoms with Crippen LogP contribution in [0.25, 0.3) is 10.2 Å². The molecule has 0 aliphatic carbocycles. The van der Waals surface area contributed by atoms with Crippen molar-refractivity contribution in [3.63, 3.8) is 0 Å². The van der Waals surface area contributed by atoms with Gasteiger partial charge in [0.15, 0.2) is 0 Å². The minimum atomic E-state index is -0.590. The Morgan fingerprint density at radius 3 is 2.58 bits per heavy atom. The van der Waals surface area contributed by atoms with Gasteiger partial charge in [-0.25, -0.2) is 9.37 Å². The third kappa shape index (κ3) is 4.06. The van der Waals surface area contributed by atoms with E-state index in [1.807, 2.05) is 24.3 Å². The molecule has 0 atom stereocenters. The molecule has 4 aromatic rings. The minimum absolute atomic E-state index is 0.159. The van der Waals surface area contributed by atoms with E-state index >= 15 is 0 Å². The molecule has 0 spiro atoms. The second-order valence-electron chi connectivity index (χ2n) is 7.17. The minimum Gasteiger partial charge on any atom is -0.497 e. The summed E-state index contributed by atoms with van der Waals surface area (Å²) in [6, 6.07) is 13.6. The molecule has 4 rings (SSSR count). The van der Waals surface area contributed by atoms with Gasteiger partial charge in [0.2, 0.25) is 0 Å². The maximum atomic E-state index is 13.7. The zero-order valence-corrected chi connectivity index (χ0v) is 17.8. The van der Waals surface area contributed by atoms with E-state index in [9.17, 15) is 14.0 Å². The molecule has 0 aliphatic rings. The Labute approximate surface area is 181 Å². The number of nitrogens with zero attached hydrogens (tertiary/aromatic N) is 2. The summed E-state index contributed by atoms with van der Waals surface area (Å²) in [7, 11) is 1.59. The maximum absolute atomic E-state index is 13.7. The molecule has 0 unspecified atom stereocenters. The summed E-state index contributed by atoms with van der Waals surface area (Å²) in [5.41, 5.74) is 7.30. The van der Waals surface area contributed by atoms with Crippen molar-refractivity contribution in [3.8, 4) is 5.75 Å². The summed E-state index contributed by atoms with van der Waals surface area (Å²) in [5, 5.41) is 0.369. The van der Waals surface area contributed by atoms with Gasteiger partial charge in [0.1, 0.15) is 22.2 Å². The molecule has 2 heterocycles. The number of fused-ring (bicyclic) bond motifs is 1. The molecule has 6 nitrogen and oxygen atoms in total. The van der Waals surface area contributed by atoms with E-state index in [2.05, 4.69) is 0 Å². The Hall–Kier alpha value is -3.52. The lowest BCUT2D eigenvalue weighted by Gasteiger charge is -2.13. The molecule has 2 aromatic heterocycles. The number of primary amides is 1. The lowest BCUT2D eigenvalue weighted by molar-refractivity contribution is 0.100. The van der Waals surface area contributed by atoms with Crippen LogP contribution in [0.3, 0.4) is 0 Å². The summed E-state index contributed by atoms with van der Waals surface area (Å²) in [6.07, 6.45) is 0.382. The fourth-order valence-electron chi connectivity index (χ4n) is 3.54. The Morgan fingerprint density at radius 1 is 1.19 bits per heavy atom. The van der Waals surface area contributed by atoms with Crippen LogP contribution in [-0.2, 0) is 13.0 Å². The summed E-state index contributed by atoms with van der Waals surface area (Å²) in [5.74, 6) is 0.279. The molecule has 0 saturated heterocycles. The smallest absolute Gasteiger partial charge is 0.262 e. The molecular formula is C23H20FN3O3S. The van der Waals surface area contributed by atoms with Crippen molar-refractivity contribution in [2.75, 3.05) is 7.11 Å². The van der Waals surface area contributed by atoms with Gasteiger partial charge in [-0.15, -0.1) is 11.3 Å². The first-order valence-electron chi connectivity index (χ1n) is 9.57. The number of methoxy groups -OCH3 is 1. The predicted molar refractivity (Wildman–Crippen MR) is 118 cm³/mol. The second kappa shape index (κ2) is 8.31. The Balaban J connectivity index is 1.88. The van der Waals surface area contributed by atoms with Gasteiger partial charge < -0.3 is 10.5 Å². The van der Waals surface area contributed by atoms with E-state index in [0.717, 1.165) is 22.6 Å². The van der Waals surface area contributed by atoms with E-state index < -0.39 is 5.91 Å². The van der Waals surface area contributed by atoms with Crippen LogP contribution < -0.4 is 16.0 Å². The number of rotatable bonds is 6. The number of hydrogen-bond donors (Lipinski definition) is 1. The third-order valence-electron chi connectivity index (χ3n) is 5.10. The number of nitrogens with two attached hydrogens (primary N) is 1. The first-order chi connectivity index (χ1) is 14.9. The van der Waals surface area contributed by atoms with Gasteiger partial charge in [0.25, 0.3) is 11.5 Å². The molecule has 0 radical (unpaired) electrons. The van der Waals surface area contributed by atoms with Crippen molar-refractivity contribution in [1.82, 2.24) is 9.55 Å². The number of hydrogen-bond acceptors (Lipinski definition) is 5. The average Bonchev–Trinajstić information content (AvgIpc) is 3.08. The lowest BCUT2D eigenvalue weighted by atomic mass is 10.1. The zero-order chi connectivity index (χ0) is 22.1. The normalized spacial score (nSPS) is 11.1. The summed E-state index contributed by atoms with van der Waals surface area (Å²) >= 11 is 1.12. The predicted octanol–water partition coefficient (Wildman–Crippen LogP) is 3.65. The fourth-order valence-corrected chi connectivity index (χ4v) is 4.58. The highest BCUT2D eigenvalue weighted by Gasteiger charge is 2.20. The van der Waals surface area contributed by atoms with Gasteiger partial charge in [0, 0.05) is 6.42 Å². The number of aromatic nitrogens is 2. The number of benzene rings is 2. The van der Waals surface area contributed by atoms with Crippen molar-refractivity contribution in [1.29, 1.82) is 0 Å². The fraction of sp³-hybridized carbons (Fsp3) is 0.174. The Bertz CT molecular complexity index is 1340. The van der Waals surface area contributed by atoms with Crippen molar-refractivity contribution < 1.29 is 13.9 Å². The summed E-state index contributed by atoms with van der Waals surface area (Å²) in [6.45, 7) is 1.85. The van der Waals surface area contributed by atoms with Gasteiger partial charge >= 0.3 is 0 Å². The Morgan fingerprint density at radius 2 is 1.94 bits per heavy atom. The van der Waals surface area contributed by atoms with Crippen LogP contribution in [0.15, 0.2) is 53.3 Å². The SMILES string of the molecule is COc1ccc(Cc2nc3sc(C(N)=O)c(C)c3c(=O)n2Cc2cccc(F)c2)cc1. The van der Waals surface area contributed by atoms with Crippen molar-refractivity contribution in [3.05, 3.63) is 92.1 Å². The molecule has 2 N–H and O–H groups in total. The molecule has 0 fully saturated rings. The first-order valence-corrected chi connectivity index (χ1v) is 10.4. The summed E-state index contributed by atoms with van der Waals surface area (Å²) in [4.78, 5) is 30.7. The molecule has 0 bridgehead atoms. The van der Waals surface area contributed by atoms with Crippen LogP contribution in [-0.4, -0.2) is 22.6 Å². The highest BCUT2D eigenvalue weighted by Crippen LogP contribution is 2.27. The van der Waals surface area contributed by atoms with Crippen LogP contribution in [0.1, 0.15) is 32.2 Å². The quantitative estimate of drug-likeness (QED) is 0.499. The number of amides is 1. The van der Waals surface area contributed by atoms with Crippen LogP contribution in [0.5, 0.6) is 5.75 Å².